The lowest BCUT2D eigenvalue weighted by Gasteiger charge is -2.50. The van der Waals surface area contributed by atoms with Crippen LogP contribution in [0.25, 0.3) is 0 Å². The molecule has 0 aliphatic carbocycles. The minimum atomic E-state index is -3.23. The van der Waals surface area contributed by atoms with Crippen LogP contribution >= 0.6 is 0 Å². The van der Waals surface area contributed by atoms with Crippen molar-refractivity contribution in [2.24, 2.45) is 0 Å². The van der Waals surface area contributed by atoms with Crippen molar-refractivity contribution in [2.75, 3.05) is 6.61 Å². The van der Waals surface area contributed by atoms with Crippen molar-refractivity contribution in [3.8, 4) is 0 Å². The number of rotatable bonds is 7. The highest BCUT2D eigenvalue weighted by atomic mass is 28.4. The number of aliphatic hydroxyl groups is 2. The summed E-state index contributed by atoms with van der Waals surface area (Å²) in [6.07, 6.45) is -6.21. The summed E-state index contributed by atoms with van der Waals surface area (Å²) in [5.41, 5.74) is 0. The number of carbonyl (C=O) groups is 2. The second kappa shape index (κ2) is 11.0. The first kappa shape index (κ1) is 27.0. The van der Waals surface area contributed by atoms with Gasteiger partial charge in [0, 0.05) is 13.8 Å². The highest BCUT2D eigenvalue weighted by Gasteiger charge is 2.58. The van der Waals surface area contributed by atoms with Gasteiger partial charge in [0.2, 0.25) is 0 Å². The first-order valence-corrected chi connectivity index (χ1v) is 13.5. The van der Waals surface area contributed by atoms with Gasteiger partial charge in [0.15, 0.2) is 18.5 Å². The van der Waals surface area contributed by atoms with Crippen LogP contribution in [0.15, 0.2) is 60.7 Å². The largest absolute Gasteiger partial charge is 0.457 e. The molecule has 1 heterocycles. The van der Waals surface area contributed by atoms with Gasteiger partial charge in [-0.1, -0.05) is 81.4 Å². The zero-order chi connectivity index (χ0) is 25.8. The number of carbonyl (C=O) groups excluding carboxylic acids is 2. The van der Waals surface area contributed by atoms with Crippen LogP contribution < -0.4 is 10.4 Å². The number of esters is 2. The van der Waals surface area contributed by atoms with E-state index in [0.29, 0.717) is 0 Å². The average Bonchev–Trinajstić information content (AvgIpc) is 2.80. The molecule has 2 N–H and O–H groups in total. The van der Waals surface area contributed by atoms with E-state index in [9.17, 15) is 19.8 Å². The third kappa shape index (κ3) is 5.65. The monoisotopic (exact) mass is 502 g/mol. The van der Waals surface area contributed by atoms with Gasteiger partial charge in [0.05, 0.1) is 6.61 Å². The van der Waals surface area contributed by atoms with Crippen molar-refractivity contribution in [3.63, 3.8) is 0 Å². The summed E-state index contributed by atoms with van der Waals surface area (Å²) in [5.74, 6) is -1.27. The van der Waals surface area contributed by atoms with E-state index >= 15 is 0 Å². The highest BCUT2D eigenvalue weighted by molar-refractivity contribution is 6.99. The maximum Gasteiger partial charge on any atom is 0.303 e. The Balaban J connectivity index is 2.27. The van der Waals surface area contributed by atoms with E-state index in [4.69, 9.17) is 18.6 Å². The van der Waals surface area contributed by atoms with Crippen LogP contribution in [0.2, 0.25) is 5.04 Å². The molecule has 190 valence electrons. The maximum absolute atomic E-state index is 12.1. The van der Waals surface area contributed by atoms with Gasteiger partial charge >= 0.3 is 11.9 Å². The van der Waals surface area contributed by atoms with Crippen LogP contribution in [-0.2, 0) is 28.2 Å². The van der Waals surface area contributed by atoms with Gasteiger partial charge < -0.3 is 28.8 Å². The topological polar surface area (TPSA) is 112 Å². The summed E-state index contributed by atoms with van der Waals surface area (Å²) < 4.78 is 23.6. The molecule has 0 aromatic heterocycles. The molecule has 3 rings (SSSR count). The molecule has 0 spiro atoms. The zero-order valence-electron chi connectivity index (χ0n) is 20.7. The SMILES string of the molecule is CC(=O)O[C@@H]1[C@@H](O[Si](c2ccccc2)(c2ccccc2)C(C)(C)C)[C@H](OC(C)=O)[C@@H](CO)O[C@@H]1O. The molecule has 0 bridgehead atoms. The van der Waals surface area contributed by atoms with Gasteiger partial charge in [-0.05, 0) is 15.4 Å². The Morgan fingerprint density at radius 3 is 1.71 bits per heavy atom. The molecule has 0 saturated carbocycles. The lowest BCUT2D eigenvalue weighted by atomic mass is 9.99. The molecule has 1 saturated heterocycles. The van der Waals surface area contributed by atoms with Crippen molar-refractivity contribution < 1.29 is 38.4 Å². The van der Waals surface area contributed by atoms with Crippen LogP contribution in [0.1, 0.15) is 34.6 Å². The molecule has 1 aliphatic rings. The van der Waals surface area contributed by atoms with E-state index in [2.05, 4.69) is 20.8 Å². The second-order valence-corrected chi connectivity index (χ2v) is 13.9. The Kier molecular flexibility index (Phi) is 8.50. The van der Waals surface area contributed by atoms with Gasteiger partial charge in [-0.25, -0.2) is 0 Å². The Morgan fingerprint density at radius 2 is 1.31 bits per heavy atom. The zero-order valence-corrected chi connectivity index (χ0v) is 21.7. The first-order chi connectivity index (χ1) is 16.5. The molecular weight excluding hydrogens is 468 g/mol. The number of hydrogen-bond acceptors (Lipinski definition) is 8. The van der Waals surface area contributed by atoms with Gasteiger partial charge in [-0.15, -0.1) is 0 Å². The summed E-state index contributed by atoms with van der Waals surface area (Å²) in [7, 11) is -3.23. The quantitative estimate of drug-likeness (QED) is 0.433. The first-order valence-electron chi connectivity index (χ1n) is 11.6. The highest BCUT2D eigenvalue weighted by Crippen LogP contribution is 2.40. The molecule has 0 amide bonds. The maximum atomic E-state index is 12.1. The average molecular weight is 503 g/mol. The molecule has 9 heteroatoms. The predicted molar refractivity (Wildman–Crippen MR) is 132 cm³/mol. The van der Waals surface area contributed by atoms with Crippen molar-refractivity contribution in [1.29, 1.82) is 0 Å². The minimum Gasteiger partial charge on any atom is -0.457 e. The molecule has 8 nitrogen and oxygen atoms in total. The fourth-order valence-electron chi connectivity index (χ4n) is 4.72. The van der Waals surface area contributed by atoms with E-state index in [1.54, 1.807) is 0 Å². The summed E-state index contributed by atoms with van der Waals surface area (Å²) in [6, 6.07) is 19.5. The number of hydrogen-bond donors (Lipinski definition) is 2. The molecule has 0 radical (unpaired) electrons. The third-order valence-corrected chi connectivity index (χ3v) is 11.2. The lowest BCUT2D eigenvalue weighted by Crippen LogP contribution is -2.72. The van der Waals surface area contributed by atoms with Gasteiger partial charge in [-0.3, -0.25) is 9.59 Å². The number of ether oxygens (including phenoxy) is 3. The number of aliphatic hydroxyl groups excluding tert-OH is 2. The Hall–Kier alpha value is -2.56. The summed E-state index contributed by atoms with van der Waals surface area (Å²) >= 11 is 0. The fraction of sp³-hybridized carbons (Fsp3) is 0.462. The van der Waals surface area contributed by atoms with Crippen LogP contribution in [0.4, 0.5) is 0 Å². The van der Waals surface area contributed by atoms with Gasteiger partial charge in [-0.2, -0.15) is 0 Å². The standard InChI is InChI=1S/C26H34O8Si/c1-17(28)31-22-21(16-27)33-25(30)24(32-18(2)29)23(22)34-35(26(3,4)5,19-12-8-6-9-13-19)20-14-10-7-11-15-20/h6-15,21-25,27,30H,16H2,1-5H3/t21-,22-,23+,24-,25+/m1/s1. The smallest absolute Gasteiger partial charge is 0.303 e. The van der Waals surface area contributed by atoms with E-state index in [0.717, 1.165) is 10.4 Å². The molecule has 1 aliphatic heterocycles. The molecule has 1 fully saturated rings. The molecule has 2 aromatic rings. The summed E-state index contributed by atoms with van der Waals surface area (Å²) in [6.45, 7) is 8.12. The number of benzene rings is 2. The van der Waals surface area contributed by atoms with Crippen LogP contribution in [0, 0.1) is 0 Å². The van der Waals surface area contributed by atoms with E-state index in [-0.39, 0.29) is 0 Å². The van der Waals surface area contributed by atoms with Gasteiger partial charge in [0.25, 0.3) is 8.32 Å². The van der Waals surface area contributed by atoms with Crippen molar-refractivity contribution in [2.45, 2.75) is 70.4 Å². The van der Waals surface area contributed by atoms with Crippen molar-refractivity contribution in [3.05, 3.63) is 60.7 Å². The fourth-order valence-corrected chi connectivity index (χ4v) is 9.41. The van der Waals surface area contributed by atoms with E-state index in [1.165, 1.54) is 13.8 Å². The van der Waals surface area contributed by atoms with Crippen LogP contribution in [-0.4, -0.2) is 67.8 Å². The molecular formula is C26H34O8Si. The second-order valence-electron chi connectivity index (χ2n) is 9.64. The molecule has 0 unspecified atom stereocenters. The third-order valence-electron chi connectivity index (χ3n) is 6.12. The van der Waals surface area contributed by atoms with Crippen molar-refractivity contribution in [1.82, 2.24) is 0 Å². The molecule has 35 heavy (non-hydrogen) atoms. The van der Waals surface area contributed by atoms with Crippen molar-refractivity contribution >= 4 is 30.6 Å². The molecule has 2 aromatic carbocycles. The molecule has 5 atom stereocenters. The minimum absolute atomic E-state index is 0.449. The normalized spacial score (nSPS) is 25.1. The lowest BCUT2D eigenvalue weighted by molar-refractivity contribution is -0.290. The van der Waals surface area contributed by atoms with Gasteiger partial charge in [0.1, 0.15) is 12.2 Å². The summed E-state index contributed by atoms with van der Waals surface area (Å²) in [5, 5.41) is 22.2. The van der Waals surface area contributed by atoms with E-state index in [1.807, 2.05) is 60.7 Å². The van der Waals surface area contributed by atoms with E-state index < -0.39 is 62.6 Å². The predicted octanol–water partition coefficient (Wildman–Crippen LogP) is 1.50. The Bertz CT molecular complexity index is 952. The Labute approximate surface area is 206 Å². The van der Waals surface area contributed by atoms with Crippen LogP contribution in [0.3, 0.4) is 0 Å². The van der Waals surface area contributed by atoms with Crippen LogP contribution in [0.5, 0.6) is 0 Å². The summed E-state index contributed by atoms with van der Waals surface area (Å²) in [4.78, 5) is 24.1. The Morgan fingerprint density at radius 1 is 0.857 bits per heavy atom.